The van der Waals surface area contributed by atoms with Crippen molar-refractivity contribution in [3.05, 3.63) is 0 Å². The van der Waals surface area contributed by atoms with E-state index in [2.05, 4.69) is 22.5 Å². The fourth-order valence-electron chi connectivity index (χ4n) is 2.71. The molecule has 2 aliphatic rings. The molecular weight excluding hydrogens is 377 g/mol. The second-order valence-electron chi connectivity index (χ2n) is 6.47. The Kier molecular flexibility index (Phi) is 9.64. The molecule has 0 aromatic carbocycles. The van der Waals surface area contributed by atoms with Gasteiger partial charge in [-0.3, -0.25) is 4.99 Å². The molecule has 0 heterocycles. The SMILES string of the molecule is CN=C(NCCCOCC1CC1)NC1CCC(C)CC1.I. The predicted octanol–water partition coefficient (Wildman–Crippen LogP) is 3.16. The highest BCUT2D eigenvalue weighted by Crippen LogP contribution is 2.28. The van der Waals surface area contributed by atoms with Crippen LogP contribution in [0.5, 0.6) is 0 Å². The van der Waals surface area contributed by atoms with Crippen molar-refractivity contribution in [3.63, 3.8) is 0 Å². The topological polar surface area (TPSA) is 45.7 Å². The van der Waals surface area contributed by atoms with Crippen LogP contribution >= 0.6 is 24.0 Å². The Morgan fingerprint density at radius 3 is 2.48 bits per heavy atom. The first-order valence-electron chi connectivity index (χ1n) is 8.33. The molecule has 2 rings (SSSR count). The van der Waals surface area contributed by atoms with E-state index in [1.807, 2.05) is 7.05 Å². The minimum absolute atomic E-state index is 0. The average Bonchev–Trinajstić information content (AvgIpc) is 3.27. The first kappa shape index (κ1) is 19.0. The van der Waals surface area contributed by atoms with Crippen LogP contribution in [0.4, 0.5) is 0 Å². The number of halogens is 1. The molecule has 5 heteroatoms. The van der Waals surface area contributed by atoms with Crippen molar-refractivity contribution in [1.29, 1.82) is 0 Å². The number of guanidine groups is 1. The number of hydrogen-bond acceptors (Lipinski definition) is 2. The van der Waals surface area contributed by atoms with Crippen LogP contribution in [0.25, 0.3) is 0 Å². The molecule has 0 aromatic rings. The normalized spacial score (nSPS) is 26.1. The zero-order chi connectivity index (χ0) is 14.2. The summed E-state index contributed by atoms with van der Waals surface area (Å²) in [5, 5.41) is 6.93. The van der Waals surface area contributed by atoms with Gasteiger partial charge in [0.15, 0.2) is 5.96 Å². The first-order chi connectivity index (χ1) is 9.78. The number of nitrogens with zero attached hydrogens (tertiary/aromatic N) is 1. The van der Waals surface area contributed by atoms with Crippen molar-refractivity contribution < 1.29 is 4.74 Å². The Morgan fingerprint density at radius 2 is 1.86 bits per heavy atom. The minimum atomic E-state index is 0. The molecule has 0 aromatic heterocycles. The molecular formula is C16H32IN3O. The highest BCUT2D eigenvalue weighted by molar-refractivity contribution is 14.0. The number of ether oxygens (including phenoxy) is 1. The standard InChI is InChI=1S/C16H31N3O.HI/c1-13-4-8-15(9-5-13)19-16(17-2)18-10-3-11-20-12-14-6-7-14;/h13-15H,3-12H2,1-2H3,(H2,17,18,19);1H. The third kappa shape index (κ3) is 8.24. The Labute approximate surface area is 146 Å². The van der Waals surface area contributed by atoms with Crippen molar-refractivity contribution in [2.75, 3.05) is 26.8 Å². The summed E-state index contributed by atoms with van der Waals surface area (Å²) in [6.45, 7) is 5.12. The van der Waals surface area contributed by atoms with E-state index in [0.29, 0.717) is 6.04 Å². The van der Waals surface area contributed by atoms with E-state index >= 15 is 0 Å². The maximum atomic E-state index is 5.63. The van der Waals surface area contributed by atoms with Gasteiger partial charge in [-0.05, 0) is 56.8 Å². The Morgan fingerprint density at radius 1 is 1.14 bits per heavy atom. The van der Waals surface area contributed by atoms with E-state index in [9.17, 15) is 0 Å². The number of nitrogens with one attached hydrogen (secondary N) is 2. The van der Waals surface area contributed by atoms with Crippen molar-refractivity contribution in [1.82, 2.24) is 10.6 Å². The van der Waals surface area contributed by atoms with Gasteiger partial charge in [-0.15, -0.1) is 24.0 Å². The summed E-state index contributed by atoms with van der Waals surface area (Å²) >= 11 is 0. The van der Waals surface area contributed by atoms with Crippen molar-refractivity contribution in [2.24, 2.45) is 16.8 Å². The number of rotatable bonds is 7. The monoisotopic (exact) mass is 409 g/mol. The van der Waals surface area contributed by atoms with Crippen LogP contribution in [0.2, 0.25) is 0 Å². The second kappa shape index (κ2) is 10.6. The smallest absolute Gasteiger partial charge is 0.191 e. The molecule has 0 bridgehead atoms. The first-order valence-corrected chi connectivity index (χ1v) is 8.33. The van der Waals surface area contributed by atoms with Gasteiger partial charge in [-0.25, -0.2) is 0 Å². The van der Waals surface area contributed by atoms with Crippen LogP contribution in [0.3, 0.4) is 0 Å². The highest BCUT2D eigenvalue weighted by atomic mass is 127. The lowest BCUT2D eigenvalue weighted by Gasteiger charge is -2.28. The van der Waals surface area contributed by atoms with Crippen LogP contribution < -0.4 is 10.6 Å². The van der Waals surface area contributed by atoms with Gasteiger partial charge in [-0.2, -0.15) is 0 Å². The van der Waals surface area contributed by atoms with Crippen LogP contribution in [-0.4, -0.2) is 38.8 Å². The Hall–Kier alpha value is -0.0400. The van der Waals surface area contributed by atoms with Crippen LogP contribution in [0, 0.1) is 11.8 Å². The summed E-state index contributed by atoms with van der Waals surface area (Å²) in [6, 6.07) is 0.600. The van der Waals surface area contributed by atoms with Crippen molar-refractivity contribution >= 4 is 29.9 Å². The molecule has 4 nitrogen and oxygen atoms in total. The summed E-state index contributed by atoms with van der Waals surface area (Å²) in [5.41, 5.74) is 0. The van der Waals surface area contributed by atoms with Gasteiger partial charge in [0.1, 0.15) is 0 Å². The number of aliphatic imine (C=N–C) groups is 1. The maximum Gasteiger partial charge on any atom is 0.191 e. The van der Waals surface area contributed by atoms with Gasteiger partial charge in [0.2, 0.25) is 0 Å². The molecule has 21 heavy (non-hydrogen) atoms. The molecule has 124 valence electrons. The lowest BCUT2D eigenvalue weighted by Crippen LogP contribution is -2.45. The quantitative estimate of drug-likeness (QED) is 0.294. The van der Waals surface area contributed by atoms with Gasteiger partial charge < -0.3 is 15.4 Å². The highest BCUT2D eigenvalue weighted by Gasteiger charge is 2.21. The lowest BCUT2D eigenvalue weighted by atomic mass is 9.87. The zero-order valence-corrected chi connectivity index (χ0v) is 15.9. The van der Waals surface area contributed by atoms with E-state index < -0.39 is 0 Å². The molecule has 0 unspecified atom stereocenters. The molecule has 0 aliphatic heterocycles. The van der Waals surface area contributed by atoms with E-state index in [1.54, 1.807) is 0 Å². The zero-order valence-electron chi connectivity index (χ0n) is 13.6. The summed E-state index contributed by atoms with van der Waals surface area (Å²) in [7, 11) is 1.85. The van der Waals surface area contributed by atoms with Crippen LogP contribution in [0.1, 0.15) is 51.9 Å². The van der Waals surface area contributed by atoms with E-state index in [4.69, 9.17) is 4.74 Å². The minimum Gasteiger partial charge on any atom is -0.381 e. The fraction of sp³-hybridized carbons (Fsp3) is 0.938. The summed E-state index contributed by atoms with van der Waals surface area (Å²) in [5.74, 6) is 2.71. The predicted molar refractivity (Wildman–Crippen MR) is 99.5 cm³/mol. The lowest BCUT2D eigenvalue weighted by molar-refractivity contribution is 0.123. The van der Waals surface area contributed by atoms with E-state index in [0.717, 1.165) is 44.0 Å². The second-order valence-corrected chi connectivity index (χ2v) is 6.47. The van der Waals surface area contributed by atoms with Crippen molar-refractivity contribution in [2.45, 2.75) is 57.9 Å². The average molecular weight is 409 g/mol. The molecule has 2 fully saturated rings. The molecule has 0 radical (unpaired) electrons. The van der Waals surface area contributed by atoms with Crippen molar-refractivity contribution in [3.8, 4) is 0 Å². The van der Waals surface area contributed by atoms with Crippen LogP contribution in [-0.2, 0) is 4.74 Å². The van der Waals surface area contributed by atoms with Gasteiger partial charge in [0, 0.05) is 32.8 Å². The maximum absolute atomic E-state index is 5.63. The van der Waals surface area contributed by atoms with Gasteiger partial charge in [0.25, 0.3) is 0 Å². The molecule has 0 spiro atoms. The molecule has 2 aliphatic carbocycles. The summed E-state index contributed by atoms with van der Waals surface area (Å²) in [4.78, 5) is 4.31. The molecule has 2 N–H and O–H groups in total. The third-order valence-electron chi connectivity index (χ3n) is 4.39. The van der Waals surface area contributed by atoms with E-state index in [1.165, 1.54) is 38.5 Å². The van der Waals surface area contributed by atoms with Gasteiger partial charge in [0.05, 0.1) is 0 Å². The molecule has 0 saturated heterocycles. The largest absolute Gasteiger partial charge is 0.381 e. The molecule has 2 saturated carbocycles. The third-order valence-corrected chi connectivity index (χ3v) is 4.39. The fourth-order valence-corrected chi connectivity index (χ4v) is 2.71. The van der Waals surface area contributed by atoms with Gasteiger partial charge >= 0.3 is 0 Å². The Balaban J connectivity index is 0.00000220. The van der Waals surface area contributed by atoms with Gasteiger partial charge in [-0.1, -0.05) is 6.92 Å². The summed E-state index contributed by atoms with van der Waals surface area (Å²) in [6.07, 6.45) is 9.00. The Bertz CT molecular complexity index is 300. The molecule has 0 atom stereocenters. The number of hydrogen-bond donors (Lipinski definition) is 2. The van der Waals surface area contributed by atoms with E-state index in [-0.39, 0.29) is 24.0 Å². The molecule has 0 amide bonds. The summed E-state index contributed by atoms with van der Waals surface area (Å²) < 4.78 is 5.63. The van der Waals surface area contributed by atoms with Crippen LogP contribution in [0.15, 0.2) is 4.99 Å².